The van der Waals surface area contributed by atoms with Crippen molar-refractivity contribution in [2.75, 3.05) is 0 Å². The highest BCUT2D eigenvalue weighted by atomic mass is 16.3. The second-order valence-electron chi connectivity index (χ2n) is 8.94. The van der Waals surface area contributed by atoms with Gasteiger partial charge in [-0.05, 0) is 49.1 Å². The largest absolute Gasteiger partial charge is 0.379 e. The molecule has 2 aromatic carbocycles. The predicted molar refractivity (Wildman–Crippen MR) is 104 cm³/mol. The van der Waals surface area contributed by atoms with E-state index in [1.807, 2.05) is 62.4 Å². The number of carbonyl (C=O) groups is 1. The van der Waals surface area contributed by atoms with Gasteiger partial charge in [0.05, 0.1) is 5.41 Å². The van der Waals surface area contributed by atoms with Gasteiger partial charge in [-0.3, -0.25) is 4.79 Å². The van der Waals surface area contributed by atoms with Gasteiger partial charge in [0.2, 0.25) is 0 Å². The number of hydrogen-bond donors (Lipinski definition) is 1. The first-order chi connectivity index (χ1) is 12.2. The summed E-state index contributed by atoms with van der Waals surface area (Å²) in [6.07, 6.45) is 2.35. The number of rotatable bonds is 3. The molecule has 0 unspecified atom stereocenters. The van der Waals surface area contributed by atoms with Crippen LogP contribution in [-0.4, -0.2) is 10.9 Å². The van der Waals surface area contributed by atoms with Gasteiger partial charge in [-0.25, -0.2) is 0 Å². The molecule has 136 valence electrons. The Labute approximate surface area is 156 Å². The van der Waals surface area contributed by atoms with Crippen LogP contribution in [0.4, 0.5) is 0 Å². The number of benzene rings is 2. The zero-order valence-corrected chi connectivity index (χ0v) is 16.2. The maximum atomic E-state index is 13.4. The average Bonchev–Trinajstić information content (AvgIpc) is 2.97. The molecule has 0 aromatic heterocycles. The van der Waals surface area contributed by atoms with E-state index in [1.54, 1.807) is 0 Å². The molecule has 26 heavy (non-hydrogen) atoms. The lowest BCUT2D eigenvalue weighted by molar-refractivity contribution is -0.151. The van der Waals surface area contributed by atoms with Gasteiger partial charge in [0, 0.05) is 6.42 Å². The van der Waals surface area contributed by atoms with Crippen molar-refractivity contribution in [3.05, 3.63) is 70.8 Å². The highest BCUT2D eigenvalue weighted by molar-refractivity contribution is 5.92. The summed E-state index contributed by atoms with van der Waals surface area (Å²) in [5.74, 6) is 0.584. The van der Waals surface area contributed by atoms with E-state index >= 15 is 0 Å². The van der Waals surface area contributed by atoms with Gasteiger partial charge in [0.1, 0.15) is 11.4 Å². The minimum absolute atomic E-state index is 0.226. The second kappa shape index (κ2) is 5.53. The molecule has 1 N–H and O–H groups in total. The number of fused-ring (bicyclic) bond motifs is 2. The Morgan fingerprint density at radius 3 is 1.92 bits per heavy atom. The molecular weight excluding hydrogens is 320 g/mol. The van der Waals surface area contributed by atoms with Gasteiger partial charge in [-0.15, -0.1) is 0 Å². The summed E-state index contributed by atoms with van der Waals surface area (Å²) in [4.78, 5) is 13.4. The molecule has 0 saturated heterocycles. The summed E-state index contributed by atoms with van der Waals surface area (Å²) in [5, 5.41) is 12.5. The maximum absolute atomic E-state index is 13.4. The van der Waals surface area contributed by atoms with Crippen molar-refractivity contribution in [1.29, 1.82) is 0 Å². The Kier molecular flexibility index (Phi) is 3.72. The molecule has 2 aliphatic rings. The smallest absolute Gasteiger partial charge is 0.143 e. The van der Waals surface area contributed by atoms with E-state index in [-0.39, 0.29) is 11.2 Å². The summed E-state index contributed by atoms with van der Waals surface area (Å²) in [7, 11) is 0. The normalized spacial score (nSPS) is 27.1. The lowest BCUT2D eigenvalue weighted by atomic mass is 9.55. The van der Waals surface area contributed by atoms with Crippen molar-refractivity contribution in [3.63, 3.8) is 0 Å². The van der Waals surface area contributed by atoms with Crippen molar-refractivity contribution >= 4 is 5.78 Å². The molecule has 2 saturated carbocycles. The molecule has 4 rings (SSSR count). The summed E-state index contributed by atoms with van der Waals surface area (Å²) in [6.45, 7) is 8.45. The lowest BCUT2D eigenvalue weighted by Gasteiger charge is -2.50. The summed E-state index contributed by atoms with van der Waals surface area (Å²) in [6, 6.07) is 16.1. The summed E-state index contributed by atoms with van der Waals surface area (Å²) < 4.78 is 0. The fraction of sp³-hybridized carbons (Fsp3) is 0.458. The van der Waals surface area contributed by atoms with Crippen LogP contribution in [0, 0.1) is 30.6 Å². The van der Waals surface area contributed by atoms with Gasteiger partial charge in [-0.1, -0.05) is 73.5 Å². The van der Waals surface area contributed by atoms with Gasteiger partial charge in [0.15, 0.2) is 0 Å². The standard InChI is InChI=1S/C24H28O2/c1-16-7-5-9-19(13-16)24(26,20-10-6-8-17(2)14-20)23-12-11-18(15-21(23)25)22(23,3)4/h5-10,13-14,18,26H,11-12,15H2,1-4H3/t18-,23-/m1/s1. The van der Waals surface area contributed by atoms with E-state index in [0.717, 1.165) is 35.1 Å². The molecule has 2 nitrogen and oxygen atoms in total. The molecular formula is C24H28O2. The van der Waals surface area contributed by atoms with Gasteiger partial charge in [0.25, 0.3) is 0 Å². The Balaban J connectivity index is 2.06. The number of Topliss-reactive ketones (excluding diaryl/α,β-unsaturated/α-hetero) is 1. The van der Waals surface area contributed by atoms with Gasteiger partial charge < -0.3 is 5.11 Å². The van der Waals surface area contributed by atoms with Gasteiger partial charge in [-0.2, -0.15) is 0 Å². The van der Waals surface area contributed by atoms with Crippen LogP contribution in [0.5, 0.6) is 0 Å². The molecule has 2 fully saturated rings. The first kappa shape index (κ1) is 17.5. The average molecular weight is 348 g/mol. The Hall–Kier alpha value is -1.93. The van der Waals surface area contributed by atoms with Crippen LogP contribution in [0.1, 0.15) is 55.4 Å². The molecule has 0 aliphatic heterocycles. The Morgan fingerprint density at radius 1 is 1.00 bits per heavy atom. The van der Waals surface area contributed by atoms with Crippen molar-refractivity contribution < 1.29 is 9.90 Å². The third-order valence-corrected chi connectivity index (χ3v) is 7.39. The van der Waals surface area contributed by atoms with Crippen LogP contribution in [0.3, 0.4) is 0 Å². The van der Waals surface area contributed by atoms with Crippen molar-refractivity contribution in [2.45, 2.75) is 52.6 Å². The third-order valence-electron chi connectivity index (χ3n) is 7.39. The number of carbonyl (C=O) groups excluding carboxylic acids is 1. The molecule has 2 aliphatic carbocycles. The molecule has 0 radical (unpaired) electrons. The SMILES string of the molecule is Cc1cccc(C(O)(c2cccc(C)c2)[C@]23CC[C@H](CC2=O)C3(C)C)c1. The fourth-order valence-corrected chi connectivity index (χ4v) is 5.92. The van der Waals surface area contributed by atoms with Crippen LogP contribution < -0.4 is 0 Å². The first-order valence-corrected chi connectivity index (χ1v) is 9.63. The fourth-order valence-electron chi connectivity index (χ4n) is 5.92. The van der Waals surface area contributed by atoms with Crippen molar-refractivity contribution in [3.8, 4) is 0 Å². The maximum Gasteiger partial charge on any atom is 0.143 e. The Bertz CT molecular complexity index is 834. The van der Waals surface area contributed by atoms with E-state index in [4.69, 9.17) is 0 Å². The monoisotopic (exact) mass is 348 g/mol. The lowest BCUT2D eigenvalue weighted by Crippen LogP contribution is -2.54. The number of ketones is 1. The number of aliphatic hydroxyl groups is 1. The van der Waals surface area contributed by atoms with E-state index < -0.39 is 11.0 Å². The van der Waals surface area contributed by atoms with Crippen LogP contribution in [0.25, 0.3) is 0 Å². The summed E-state index contributed by atoms with van der Waals surface area (Å²) in [5.41, 5.74) is 1.57. The van der Waals surface area contributed by atoms with Crippen molar-refractivity contribution in [1.82, 2.24) is 0 Å². The van der Waals surface area contributed by atoms with Gasteiger partial charge >= 0.3 is 0 Å². The molecule has 2 atom stereocenters. The topological polar surface area (TPSA) is 37.3 Å². The summed E-state index contributed by atoms with van der Waals surface area (Å²) >= 11 is 0. The number of hydrogen-bond acceptors (Lipinski definition) is 2. The number of aryl methyl sites for hydroxylation is 2. The van der Waals surface area contributed by atoms with Crippen LogP contribution in [0.2, 0.25) is 0 Å². The molecule has 2 aromatic rings. The van der Waals surface area contributed by atoms with Crippen LogP contribution in [0.15, 0.2) is 48.5 Å². The molecule has 0 heterocycles. The Morgan fingerprint density at radius 2 is 1.54 bits per heavy atom. The molecule has 0 amide bonds. The second-order valence-corrected chi connectivity index (χ2v) is 8.94. The zero-order valence-electron chi connectivity index (χ0n) is 16.2. The quantitative estimate of drug-likeness (QED) is 0.853. The van der Waals surface area contributed by atoms with Crippen molar-refractivity contribution in [2.24, 2.45) is 16.7 Å². The van der Waals surface area contributed by atoms with E-state index in [1.165, 1.54) is 0 Å². The zero-order chi connectivity index (χ0) is 18.7. The van der Waals surface area contributed by atoms with E-state index in [2.05, 4.69) is 13.8 Å². The van der Waals surface area contributed by atoms with Crippen LogP contribution >= 0.6 is 0 Å². The minimum atomic E-state index is -1.31. The predicted octanol–water partition coefficient (Wildman–Crippen LogP) is 4.93. The third kappa shape index (κ3) is 2.00. The van der Waals surface area contributed by atoms with E-state index in [0.29, 0.717) is 12.3 Å². The minimum Gasteiger partial charge on any atom is -0.379 e. The highest BCUT2D eigenvalue weighted by Gasteiger charge is 2.73. The molecule has 2 heteroatoms. The van der Waals surface area contributed by atoms with E-state index in [9.17, 15) is 9.90 Å². The first-order valence-electron chi connectivity index (χ1n) is 9.63. The molecule has 0 spiro atoms. The molecule has 2 bridgehead atoms. The highest BCUT2D eigenvalue weighted by Crippen LogP contribution is 2.71. The van der Waals surface area contributed by atoms with Crippen LogP contribution in [-0.2, 0) is 10.4 Å².